The van der Waals surface area contributed by atoms with Crippen molar-refractivity contribution < 1.29 is 9.47 Å². The molecule has 1 N–H and O–H groups in total. The van der Waals surface area contributed by atoms with Crippen LogP contribution in [0.15, 0.2) is 41.2 Å². The summed E-state index contributed by atoms with van der Waals surface area (Å²) in [5.41, 5.74) is 0.985. The van der Waals surface area contributed by atoms with Crippen LogP contribution in [0.2, 0.25) is 5.02 Å². The van der Waals surface area contributed by atoms with Gasteiger partial charge >= 0.3 is 0 Å². The van der Waals surface area contributed by atoms with E-state index < -0.39 is 0 Å². The number of hydrogen-bond donors (Lipinski definition) is 1. The van der Waals surface area contributed by atoms with E-state index in [1.807, 2.05) is 13.0 Å². The number of hydrogen-bond acceptors (Lipinski definition) is 4. The maximum absolute atomic E-state index is 12.2. The minimum atomic E-state index is -0.280. The number of nitrogens with zero attached hydrogens (tertiary/aromatic N) is 1. The second-order valence-corrected chi connectivity index (χ2v) is 6.26. The molecular weight excluding hydrogens is 375 g/mol. The van der Waals surface area contributed by atoms with Gasteiger partial charge in [-0.2, -0.15) is 0 Å². The van der Waals surface area contributed by atoms with Crippen LogP contribution in [0.5, 0.6) is 11.5 Å². The summed E-state index contributed by atoms with van der Waals surface area (Å²) in [5.74, 6) is 1.51. The molecule has 0 spiro atoms. The summed E-state index contributed by atoms with van der Waals surface area (Å²) >= 11 is 12.4. The Kier molecular flexibility index (Phi) is 5.49. The van der Waals surface area contributed by atoms with E-state index in [-0.39, 0.29) is 16.4 Å². The fourth-order valence-electron chi connectivity index (χ4n) is 2.49. The molecule has 1 aromatic heterocycles. The number of methoxy groups -OCH3 is 1. The summed E-state index contributed by atoms with van der Waals surface area (Å²) in [7, 11) is 1.58. The van der Waals surface area contributed by atoms with Crippen molar-refractivity contribution in [1.82, 2.24) is 9.97 Å². The molecule has 0 saturated carbocycles. The lowest BCUT2D eigenvalue weighted by Crippen LogP contribution is -2.10. The fourth-order valence-corrected chi connectivity index (χ4v) is 2.87. The topological polar surface area (TPSA) is 64.2 Å². The van der Waals surface area contributed by atoms with Crippen LogP contribution in [0, 0.1) is 0 Å². The standard InChI is InChI=1S/C19H16Cl2N2O3/c1-3-26-17-9-11(4-7-16(17)25-2)8-14(21)18-22-15-10-12(20)5-6-13(15)19(24)23-18/h4-10H,3H2,1-2H3,(H,22,23,24). The maximum Gasteiger partial charge on any atom is 0.259 e. The summed E-state index contributed by atoms with van der Waals surface area (Å²) in [6.45, 7) is 2.40. The third-order valence-electron chi connectivity index (χ3n) is 3.68. The predicted molar refractivity (Wildman–Crippen MR) is 105 cm³/mol. The van der Waals surface area contributed by atoms with Crippen molar-refractivity contribution >= 4 is 45.2 Å². The Morgan fingerprint density at radius 1 is 1.23 bits per heavy atom. The monoisotopic (exact) mass is 390 g/mol. The molecule has 0 amide bonds. The minimum absolute atomic E-state index is 0.264. The SMILES string of the molecule is CCOc1cc(C=C(Cl)c2nc3cc(Cl)ccc3c(=O)[nH]2)ccc1OC. The molecule has 26 heavy (non-hydrogen) atoms. The molecule has 0 atom stereocenters. The first kappa shape index (κ1) is 18.3. The number of aromatic nitrogens is 2. The third-order valence-corrected chi connectivity index (χ3v) is 4.20. The zero-order valence-corrected chi connectivity index (χ0v) is 15.7. The van der Waals surface area contributed by atoms with E-state index in [1.54, 1.807) is 43.5 Å². The highest BCUT2D eigenvalue weighted by Crippen LogP contribution is 2.30. The lowest BCUT2D eigenvalue weighted by atomic mass is 10.2. The van der Waals surface area contributed by atoms with Crippen molar-refractivity contribution in [2.24, 2.45) is 0 Å². The van der Waals surface area contributed by atoms with Crippen LogP contribution in [0.1, 0.15) is 18.3 Å². The lowest BCUT2D eigenvalue weighted by molar-refractivity contribution is 0.311. The molecule has 0 fully saturated rings. The lowest BCUT2D eigenvalue weighted by Gasteiger charge is -2.10. The summed E-state index contributed by atoms with van der Waals surface area (Å²) < 4.78 is 10.8. The Labute approximate surface area is 160 Å². The number of nitrogens with one attached hydrogen (secondary N) is 1. The van der Waals surface area contributed by atoms with E-state index in [9.17, 15) is 4.79 Å². The van der Waals surface area contributed by atoms with Gasteiger partial charge in [0.1, 0.15) is 0 Å². The molecule has 0 bridgehead atoms. The summed E-state index contributed by atoms with van der Waals surface area (Å²) in [5, 5.41) is 1.24. The number of H-pyrrole nitrogens is 1. The molecule has 0 aliphatic rings. The van der Waals surface area contributed by atoms with E-state index in [2.05, 4.69) is 9.97 Å². The second-order valence-electron chi connectivity index (χ2n) is 5.41. The molecule has 0 unspecified atom stereocenters. The van der Waals surface area contributed by atoms with Gasteiger partial charge in [-0.25, -0.2) is 4.98 Å². The molecule has 5 nitrogen and oxygen atoms in total. The van der Waals surface area contributed by atoms with Crippen LogP contribution in [0.4, 0.5) is 0 Å². The second kappa shape index (κ2) is 7.81. The predicted octanol–water partition coefficient (Wildman–Crippen LogP) is 4.72. The highest BCUT2D eigenvalue weighted by Gasteiger charge is 2.09. The van der Waals surface area contributed by atoms with Crippen LogP contribution in [0.3, 0.4) is 0 Å². The Bertz CT molecular complexity index is 1040. The van der Waals surface area contributed by atoms with E-state index in [0.29, 0.717) is 34.0 Å². The Morgan fingerprint density at radius 3 is 2.77 bits per heavy atom. The van der Waals surface area contributed by atoms with Gasteiger partial charge in [0.15, 0.2) is 17.3 Å². The third kappa shape index (κ3) is 3.84. The Balaban J connectivity index is 2.03. The molecule has 7 heteroatoms. The van der Waals surface area contributed by atoms with Gasteiger partial charge in [-0.1, -0.05) is 29.3 Å². The molecule has 0 aliphatic carbocycles. The number of rotatable bonds is 5. The highest BCUT2D eigenvalue weighted by molar-refractivity contribution is 6.50. The molecule has 3 rings (SSSR count). The molecule has 2 aromatic carbocycles. The number of benzene rings is 2. The molecule has 3 aromatic rings. The number of ether oxygens (including phenoxy) is 2. The van der Waals surface area contributed by atoms with Gasteiger partial charge in [-0.3, -0.25) is 4.79 Å². The molecule has 0 radical (unpaired) electrons. The van der Waals surface area contributed by atoms with Crippen molar-refractivity contribution in [3.05, 3.63) is 63.2 Å². The van der Waals surface area contributed by atoms with E-state index in [4.69, 9.17) is 32.7 Å². The van der Waals surface area contributed by atoms with Crippen molar-refractivity contribution in [3.8, 4) is 11.5 Å². The first-order valence-electron chi connectivity index (χ1n) is 7.89. The normalized spacial score (nSPS) is 11.6. The van der Waals surface area contributed by atoms with Gasteiger partial charge in [-0.05, 0) is 48.9 Å². The van der Waals surface area contributed by atoms with Crippen molar-refractivity contribution in [2.75, 3.05) is 13.7 Å². The molecule has 0 aliphatic heterocycles. The van der Waals surface area contributed by atoms with E-state index in [1.165, 1.54) is 0 Å². The summed E-state index contributed by atoms with van der Waals surface area (Å²) in [4.78, 5) is 19.3. The number of fused-ring (bicyclic) bond motifs is 1. The van der Waals surface area contributed by atoms with Crippen molar-refractivity contribution in [2.45, 2.75) is 6.92 Å². The number of aromatic amines is 1. The highest BCUT2D eigenvalue weighted by atomic mass is 35.5. The van der Waals surface area contributed by atoms with E-state index in [0.717, 1.165) is 5.56 Å². The van der Waals surface area contributed by atoms with Crippen LogP contribution in [0.25, 0.3) is 22.0 Å². The molecule has 134 valence electrons. The zero-order chi connectivity index (χ0) is 18.7. The molecule has 1 heterocycles. The van der Waals surface area contributed by atoms with Gasteiger partial charge in [0, 0.05) is 5.02 Å². The van der Waals surface area contributed by atoms with Gasteiger partial charge in [0.05, 0.1) is 29.7 Å². The Hall–Kier alpha value is -2.50. The first-order valence-corrected chi connectivity index (χ1v) is 8.65. The van der Waals surface area contributed by atoms with Crippen LogP contribution in [-0.2, 0) is 0 Å². The Morgan fingerprint density at radius 2 is 2.04 bits per heavy atom. The van der Waals surface area contributed by atoms with Crippen molar-refractivity contribution in [1.29, 1.82) is 0 Å². The fraction of sp³-hybridized carbons (Fsp3) is 0.158. The summed E-state index contributed by atoms with van der Waals surface area (Å²) in [6, 6.07) is 10.3. The van der Waals surface area contributed by atoms with Gasteiger partial charge < -0.3 is 14.5 Å². The maximum atomic E-state index is 12.2. The minimum Gasteiger partial charge on any atom is -0.493 e. The van der Waals surface area contributed by atoms with Crippen molar-refractivity contribution in [3.63, 3.8) is 0 Å². The van der Waals surface area contributed by atoms with Crippen LogP contribution in [-0.4, -0.2) is 23.7 Å². The van der Waals surface area contributed by atoms with Gasteiger partial charge in [0.2, 0.25) is 0 Å². The van der Waals surface area contributed by atoms with Crippen LogP contribution < -0.4 is 15.0 Å². The average Bonchev–Trinajstić information content (AvgIpc) is 2.61. The zero-order valence-electron chi connectivity index (χ0n) is 14.2. The smallest absolute Gasteiger partial charge is 0.259 e. The molecule has 0 saturated heterocycles. The number of halogens is 2. The molecular formula is C19H16Cl2N2O3. The van der Waals surface area contributed by atoms with E-state index >= 15 is 0 Å². The average molecular weight is 391 g/mol. The van der Waals surface area contributed by atoms with Crippen LogP contribution >= 0.6 is 23.2 Å². The van der Waals surface area contributed by atoms with Gasteiger partial charge in [0.25, 0.3) is 5.56 Å². The quantitative estimate of drug-likeness (QED) is 0.684. The largest absolute Gasteiger partial charge is 0.493 e. The first-order chi connectivity index (χ1) is 12.5. The summed E-state index contributed by atoms with van der Waals surface area (Å²) in [6.07, 6.45) is 1.69. The van der Waals surface area contributed by atoms with Gasteiger partial charge in [-0.15, -0.1) is 0 Å².